The van der Waals surface area contributed by atoms with Crippen LogP contribution < -0.4 is 0 Å². The first-order valence-corrected chi connectivity index (χ1v) is 33.5. The van der Waals surface area contributed by atoms with Gasteiger partial charge in [0.25, 0.3) is 0 Å². The van der Waals surface area contributed by atoms with Crippen molar-refractivity contribution in [2.75, 3.05) is 13.2 Å². The summed E-state index contributed by atoms with van der Waals surface area (Å²) in [5.41, 5.74) is 0. The van der Waals surface area contributed by atoms with Crippen LogP contribution in [0.4, 0.5) is 0 Å². The maximum atomic E-state index is 12.9. The van der Waals surface area contributed by atoms with E-state index in [0.29, 0.717) is 19.3 Å². The molecule has 0 heterocycles. The van der Waals surface area contributed by atoms with Crippen molar-refractivity contribution in [2.24, 2.45) is 0 Å². The zero-order valence-corrected chi connectivity index (χ0v) is 52.9. The van der Waals surface area contributed by atoms with Gasteiger partial charge in [0, 0.05) is 19.3 Å². The zero-order valence-electron chi connectivity index (χ0n) is 52.9. The molecule has 0 aliphatic carbocycles. The molecule has 0 fully saturated rings. The second-order valence-electron chi connectivity index (χ2n) is 21.6. The molecule has 0 aromatic carbocycles. The predicted octanol–water partition coefficient (Wildman–Crippen LogP) is 23.3. The highest BCUT2D eigenvalue weighted by Gasteiger charge is 2.19. The summed E-state index contributed by atoms with van der Waals surface area (Å²) in [6.45, 7) is 6.33. The highest BCUT2D eigenvalue weighted by Crippen LogP contribution is 2.15. The highest BCUT2D eigenvalue weighted by atomic mass is 16.6. The summed E-state index contributed by atoms with van der Waals surface area (Å²) in [5.74, 6) is -1.02. The van der Waals surface area contributed by atoms with E-state index in [1.165, 1.54) is 103 Å². The third kappa shape index (κ3) is 65.8. The Hall–Kier alpha value is -4.97. The zero-order chi connectivity index (χ0) is 59.2. The number of carbonyl (C=O) groups excluding carboxylic acids is 3. The molecule has 6 heteroatoms. The van der Waals surface area contributed by atoms with Crippen LogP contribution in [-0.2, 0) is 28.6 Å². The summed E-state index contributed by atoms with van der Waals surface area (Å²) in [6, 6.07) is 0. The molecule has 0 aliphatic rings. The number of hydrogen-bond donors (Lipinski definition) is 0. The van der Waals surface area contributed by atoms with Crippen molar-refractivity contribution >= 4 is 17.9 Å². The Morgan fingerprint density at radius 2 is 0.500 bits per heavy atom. The quantitative estimate of drug-likeness (QED) is 0.0261. The van der Waals surface area contributed by atoms with Crippen LogP contribution in [0.5, 0.6) is 0 Å². The molecule has 0 aliphatic heterocycles. The van der Waals surface area contributed by atoms with Gasteiger partial charge in [0.2, 0.25) is 0 Å². The lowest BCUT2D eigenvalue weighted by molar-refractivity contribution is -0.166. The van der Waals surface area contributed by atoms with Gasteiger partial charge >= 0.3 is 17.9 Å². The summed E-state index contributed by atoms with van der Waals surface area (Å²) < 4.78 is 16.9. The molecule has 82 heavy (non-hydrogen) atoms. The van der Waals surface area contributed by atoms with Gasteiger partial charge in [0.15, 0.2) is 6.10 Å². The van der Waals surface area contributed by atoms with Crippen molar-refractivity contribution in [1.29, 1.82) is 0 Å². The maximum Gasteiger partial charge on any atom is 0.306 e. The largest absolute Gasteiger partial charge is 0.462 e. The molecule has 0 aromatic heterocycles. The molecule has 0 bridgehead atoms. The lowest BCUT2D eigenvalue weighted by Gasteiger charge is -2.18. The van der Waals surface area contributed by atoms with Gasteiger partial charge in [0.1, 0.15) is 13.2 Å². The number of esters is 3. The SMILES string of the molecule is CC/C=C\C/C=C\C/C=C\C/C=C\C/C=C\C/C=C\CCC(=O)OC(COC(=O)CCCCCCC/C=C\C/C=C\CCCCCC)COC(=O)CCCCCCCCCCCCCCC/C=C\C/C=C\C/C=C\C/C=C\C/C=C\CC. The number of hydrogen-bond acceptors (Lipinski definition) is 6. The normalized spacial score (nSPS) is 13.2. The molecule has 0 amide bonds. The monoisotopic (exact) mass is 1130 g/mol. The van der Waals surface area contributed by atoms with Gasteiger partial charge in [-0.25, -0.2) is 0 Å². The van der Waals surface area contributed by atoms with Gasteiger partial charge in [-0.15, -0.1) is 0 Å². The van der Waals surface area contributed by atoms with Crippen molar-refractivity contribution in [3.05, 3.63) is 158 Å². The molecular formula is C76H122O6. The topological polar surface area (TPSA) is 78.9 Å². The molecule has 0 aromatic rings. The Labute approximate surface area is 505 Å². The minimum Gasteiger partial charge on any atom is -0.462 e. The number of ether oxygens (including phenoxy) is 3. The van der Waals surface area contributed by atoms with Gasteiger partial charge in [-0.3, -0.25) is 14.4 Å². The molecule has 0 N–H and O–H groups in total. The van der Waals surface area contributed by atoms with Crippen LogP contribution in [0.2, 0.25) is 0 Å². The van der Waals surface area contributed by atoms with Gasteiger partial charge in [-0.05, 0) is 135 Å². The number of unbranched alkanes of at least 4 members (excludes halogenated alkanes) is 22. The Kier molecular flexibility index (Phi) is 64.4. The minimum absolute atomic E-state index is 0.118. The Bertz CT molecular complexity index is 1830. The van der Waals surface area contributed by atoms with Crippen molar-refractivity contribution in [2.45, 2.75) is 290 Å². The first kappa shape index (κ1) is 77.0. The molecule has 462 valence electrons. The van der Waals surface area contributed by atoms with Crippen LogP contribution >= 0.6 is 0 Å². The second kappa shape index (κ2) is 68.5. The lowest BCUT2D eigenvalue weighted by atomic mass is 10.0. The molecule has 1 atom stereocenters. The van der Waals surface area contributed by atoms with Gasteiger partial charge < -0.3 is 14.2 Å². The molecule has 0 radical (unpaired) electrons. The average Bonchev–Trinajstić information content (AvgIpc) is 3.47. The standard InChI is InChI=1S/C76H122O6/c1-4-7-10-13-16-19-22-25-28-31-33-34-35-36-37-38-39-40-41-42-44-45-48-51-54-57-60-63-66-69-75(78)81-72-73(71-80-74(77)68-65-62-59-56-53-50-47-30-27-24-21-18-15-12-9-6-3)82-76(79)70-67-64-61-58-55-52-49-46-43-32-29-26-23-20-17-14-11-8-5-2/h7-8,10-11,16-17,19-21,24-26,28-30,33-34,36-37,43,46-47,52,55,61,64,73H,4-6,9,12-15,18,22-23,27,31-32,35,38-42,44-45,48-51,53-54,56-60,62-63,65-72H2,1-3H3/b10-7-,11-8-,19-16-,20-17-,24-21-,28-25-,29-26-,34-33-,37-36-,46-43-,47-30-,55-52-,64-61-. The number of allylic oxidation sites excluding steroid dienone is 26. The van der Waals surface area contributed by atoms with Crippen molar-refractivity contribution in [1.82, 2.24) is 0 Å². The minimum atomic E-state index is -0.833. The van der Waals surface area contributed by atoms with E-state index in [-0.39, 0.29) is 31.6 Å². The summed E-state index contributed by atoms with van der Waals surface area (Å²) in [7, 11) is 0. The van der Waals surface area contributed by atoms with Crippen LogP contribution in [0.25, 0.3) is 0 Å². The third-order valence-corrected chi connectivity index (χ3v) is 13.8. The summed E-state index contributed by atoms with van der Waals surface area (Å²) in [4.78, 5) is 38.4. The van der Waals surface area contributed by atoms with Crippen molar-refractivity contribution < 1.29 is 28.6 Å². The summed E-state index contributed by atoms with van der Waals surface area (Å²) >= 11 is 0. The number of carbonyl (C=O) groups is 3. The van der Waals surface area contributed by atoms with Crippen LogP contribution in [0, 0.1) is 0 Å². The van der Waals surface area contributed by atoms with E-state index in [2.05, 4.69) is 173 Å². The van der Waals surface area contributed by atoms with Crippen molar-refractivity contribution in [3.8, 4) is 0 Å². The highest BCUT2D eigenvalue weighted by molar-refractivity contribution is 5.71. The van der Waals surface area contributed by atoms with Crippen LogP contribution in [0.15, 0.2) is 158 Å². The maximum absolute atomic E-state index is 12.9. The molecule has 0 saturated carbocycles. The smallest absolute Gasteiger partial charge is 0.306 e. The van der Waals surface area contributed by atoms with E-state index in [0.717, 1.165) is 135 Å². The van der Waals surface area contributed by atoms with E-state index in [4.69, 9.17) is 14.2 Å². The Morgan fingerprint density at radius 1 is 0.256 bits per heavy atom. The Balaban J connectivity index is 4.43. The Morgan fingerprint density at radius 3 is 0.793 bits per heavy atom. The van der Waals surface area contributed by atoms with Gasteiger partial charge in [0.05, 0.1) is 0 Å². The summed E-state index contributed by atoms with van der Waals surface area (Å²) in [5, 5.41) is 0. The molecular weight excluding hydrogens is 1010 g/mol. The van der Waals surface area contributed by atoms with E-state index in [1.54, 1.807) is 0 Å². The van der Waals surface area contributed by atoms with E-state index in [9.17, 15) is 14.4 Å². The first-order chi connectivity index (χ1) is 40.5. The van der Waals surface area contributed by atoms with Crippen LogP contribution in [0.1, 0.15) is 284 Å². The van der Waals surface area contributed by atoms with Crippen molar-refractivity contribution in [3.63, 3.8) is 0 Å². The molecule has 0 saturated heterocycles. The van der Waals surface area contributed by atoms with Gasteiger partial charge in [-0.2, -0.15) is 0 Å². The lowest BCUT2D eigenvalue weighted by Crippen LogP contribution is -2.30. The fourth-order valence-corrected chi connectivity index (χ4v) is 8.82. The second-order valence-corrected chi connectivity index (χ2v) is 21.6. The molecule has 6 nitrogen and oxygen atoms in total. The molecule has 0 rings (SSSR count). The first-order valence-electron chi connectivity index (χ1n) is 33.5. The van der Waals surface area contributed by atoms with E-state index < -0.39 is 12.1 Å². The van der Waals surface area contributed by atoms with Gasteiger partial charge in [-0.1, -0.05) is 288 Å². The third-order valence-electron chi connectivity index (χ3n) is 13.8. The van der Waals surface area contributed by atoms with Crippen LogP contribution in [-0.4, -0.2) is 37.2 Å². The van der Waals surface area contributed by atoms with Crippen LogP contribution in [0.3, 0.4) is 0 Å². The fraction of sp³-hybridized carbons (Fsp3) is 0.618. The fourth-order valence-electron chi connectivity index (χ4n) is 8.82. The molecule has 1 unspecified atom stereocenters. The predicted molar refractivity (Wildman–Crippen MR) is 357 cm³/mol. The number of rotatable bonds is 59. The summed E-state index contributed by atoms with van der Waals surface area (Å²) in [6.07, 6.45) is 99.8. The molecule has 0 spiro atoms. The van der Waals surface area contributed by atoms with E-state index >= 15 is 0 Å². The average molecular weight is 1130 g/mol. The van der Waals surface area contributed by atoms with E-state index in [1.807, 2.05) is 6.08 Å².